The molecule has 1 saturated heterocycles. The van der Waals surface area contributed by atoms with Crippen molar-refractivity contribution >= 4 is 21.6 Å². The van der Waals surface area contributed by atoms with E-state index in [4.69, 9.17) is 4.74 Å². The summed E-state index contributed by atoms with van der Waals surface area (Å²) in [4.78, 5) is 12.7. The van der Waals surface area contributed by atoms with E-state index in [1.54, 1.807) is 48.5 Å². The number of rotatable bonds is 7. The van der Waals surface area contributed by atoms with Crippen molar-refractivity contribution in [1.82, 2.24) is 4.31 Å². The SMILES string of the molecule is O=C(Nc1ccc(S(=O)(=O)N2CCCCC2)cc1)c1ccc(OCC2CC2)cc1. The molecule has 1 amide bonds. The predicted molar refractivity (Wildman–Crippen MR) is 112 cm³/mol. The zero-order chi connectivity index (χ0) is 20.3. The molecular formula is C22H26N2O4S. The average molecular weight is 415 g/mol. The number of carbonyl (C=O) groups excluding carboxylic acids is 1. The minimum absolute atomic E-state index is 0.245. The van der Waals surface area contributed by atoms with Crippen LogP contribution in [-0.2, 0) is 10.0 Å². The molecule has 0 bridgehead atoms. The molecule has 154 valence electrons. The van der Waals surface area contributed by atoms with E-state index in [1.807, 2.05) is 0 Å². The molecule has 7 heteroatoms. The molecule has 1 saturated carbocycles. The fourth-order valence-corrected chi connectivity index (χ4v) is 4.89. The molecule has 2 fully saturated rings. The van der Waals surface area contributed by atoms with Crippen LogP contribution in [-0.4, -0.2) is 38.3 Å². The lowest BCUT2D eigenvalue weighted by molar-refractivity contribution is 0.102. The molecule has 1 aliphatic heterocycles. The number of anilines is 1. The van der Waals surface area contributed by atoms with Gasteiger partial charge in [-0.2, -0.15) is 4.31 Å². The van der Waals surface area contributed by atoms with E-state index in [0.29, 0.717) is 30.3 Å². The van der Waals surface area contributed by atoms with Gasteiger partial charge in [-0.25, -0.2) is 8.42 Å². The lowest BCUT2D eigenvalue weighted by atomic mass is 10.2. The summed E-state index contributed by atoms with van der Waals surface area (Å²) in [5.41, 5.74) is 1.08. The van der Waals surface area contributed by atoms with Crippen LogP contribution in [0.25, 0.3) is 0 Å². The van der Waals surface area contributed by atoms with Crippen LogP contribution in [0.2, 0.25) is 0 Å². The van der Waals surface area contributed by atoms with Crippen molar-refractivity contribution in [2.24, 2.45) is 5.92 Å². The Balaban J connectivity index is 1.37. The van der Waals surface area contributed by atoms with E-state index in [9.17, 15) is 13.2 Å². The summed E-state index contributed by atoms with van der Waals surface area (Å²) >= 11 is 0. The van der Waals surface area contributed by atoms with Crippen molar-refractivity contribution in [3.63, 3.8) is 0 Å². The van der Waals surface area contributed by atoms with Gasteiger partial charge < -0.3 is 10.1 Å². The maximum absolute atomic E-state index is 12.7. The van der Waals surface area contributed by atoms with Crippen LogP contribution in [0.3, 0.4) is 0 Å². The summed E-state index contributed by atoms with van der Waals surface area (Å²) in [5, 5.41) is 2.81. The molecule has 1 N–H and O–H groups in total. The lowest BCUT2D eigenvalue weighted by Gasteiger charge is -2.25. The first-order chi connectivity index (χ1) is 14.0. The first-order valence-corrected chi connectivity index (χ1v) is 11.6. The first-order valence-electron chi connectivity index (χ1n) is 10.2. The van der Waals surface area contributed by atoms with Crippen LogP contribution in [0.5, 0.6) is 5.75 Å². The molecule has 0 unspecified atom stereocenters. The van der Waals surface area contributed by atoms with E-state index < -0.39 is 10.0 Å². The van der Waals surface area contributed by atoms with Crippen LogP contribution < -0.4 is 10.1 Å². The highest BCUT2D eigenvalue weighted by molar-refractivity contribution is 7.89. The summed E-state index contributed by atoms with van der Waals surface area (Å²) in [6.07, 6.45) is 5.34. The summed E-state index contributed by atoms with van der Waals surface area (Å²) in [6.45, 7) is 1.88. The Morgan fingerprint density at radius 3 is 2.24 bits per heavy atom. The number of nitrogens with one attached hydrogen (secondary N) is 1. The van der Waals surface area contributed by atoms with Crippen LogP contribution in [0.4, 0.5) is 5.69 Å². The average Bonchev–Trinajstić information content (AvgIpc) is 3.58. The summed E-state index contributed by atoms with van der Waals surface area (Å²) < 4.78 is 32.6. The van der Waals surface area contributed by atoms with Gasteiger partial charge in [0.15, 0.2) is 0 Å². The molecule has 0 spiro atoms. The van der Waals surface area contributed by atoms with Gasteiger partial charge in [-0.3, -0.25) is 4.79 Å². The molecule has 6 nitrogen and oxygen atoms in total. The Morgan fingerprint density at radius 1 is 0.966 bits per heavy atom. The Bertz CT molecular complexity index is 945. The van der Waals surface area contributed by atoms with Gasteiger partial charge in [0.25, 0.3) is 5.91 Å². The number of nitrogens with zero attached hydrogens (tertiary/aromatic N) is 1. The number of ether oxygens (including phenoxy) is 1. The van der Waals surface area contributed by atoms with Gasteiger partial charge in [-0.15, -0.1) is 0 Å². The van der Waals surface area contributed by atoms with Gasteiger partial charge in [0.1, 0.15) is 5.75 Å². The highest BCUT2D eigenvalue weighted by Crippen LogP contribution is 2.29. The van der Waals surface area contributed by atoms with Crippen molar-refractivity contribution in [3.05, 3.63) is 54.1 Å². The van der Waals surface area contributed by atoms with Crippen molar-refractivity contribution < 1.29 is 17.9 Å². The number of benzene rings is 2. The smallest absolute Gasteiger partial charge is 0.255 e. The second-order valence-corrected chi connectivity index (χ2v) is 9.66. The topological polar surface area (TPSA) is 75.7 Å². The Morgan fingerprint density at radius 2 is 1.62 bits per heavy atom. The van der Waals surface area contributed by atoms with E-state index in [2.05, 4.69) is 5.32 Å². The van der Waals surface area contributed by atoms with E-state index in [-0.39, 0.29) is 10.8 Å². The zero-order valence-corrected chi connectivity index (χ0v) is 17.2. The maximum Gasteiger partial charge on any atom is 0.255 e. The molecule has 4 rings (SSSR count). The molecule has 2 aromatic rings. The Hall–Kier alpha value is -2.38. The molecule has 2 aromatic carbocycles. The minimum Gasteiger partial charge on any atom is -0.493 e. The molecule has 29 heavy (non-hydrogen) atoms. The molecule has 1 aliphatic carbocycles. The number of hydrogen-bond acceptors (Lipinski definition) is 4. The van der Waals surface area contributed by atoms with E-state index in [0.717, 1.165) is 31.6 Å². The fourth-order valence-electron chi connectivity index (χ4n) is 3.37. The number of hydrogen-bond donors (Lipinski definition) is 1. The summed E-state index contributed by atoms with van der Waals surface area (Å²) in [7, 11) is -3.46. The van der Waals surface area contributed by atoms with E-state index >= 15 is 0 Å². The maximum atomic E-state index is 12.7. The number of sulfonamides is 1. The molecule has 1 heterocycles. The summed E-state index contributed by atoms with van der Waals surface area (Å²) in [5.74, 6) is 1.20. The third-order valence-electron chi connectivity index (χ3n) is 5.36. The quantitative estimate of drug-likeness (QED) is 0.745. The first kappa shape index (κ1) is 19.9. The zero-order valence-electron chi connectivity index (χ0n) is 16.3. The summed E-state index contributed by atoms with van der Waals surface area (Å²) in [6, 6.07) is 13.4. The van der Waals surface area contributed by atoms with Crippen LogP contribution in [0, 0.1) is 5.92 Å². The highest BCUT2D eigenvalue weighted by atomic mass is 32.2. The fraction of sp³-hybridized carbons (Fsp3) is 0.409. The molecular weight excluding hydrogens is 388 g/mol. The van der Waals surface area contributed by atoms with Gasteiger partial charge in [0.05, 0.1) is 11.5 Å². The standard InChI is InChI=1S/C22H26N2O4S/c25-22(18-6-10-20(11-7-18)28-16-17-4-5-17)23-19-8-12-21(13-9-19)29(26,27)24-14-2-1-3-15-24/h6-13,17H,1-5,14-16H2,(H,23,25). The second kappa shape index (κ2) is 8.55. The lowest BCUT2D eigenvalue weighted by Crippen LogP contribution is -2.35. The normalized spacial score (nSPS) is 17.7. The van der Waals surface area contributed by atoms with E-state index in [1.165, 1.54) is 17.1 Å². The molecule has 0 atom stereocenters. The van der Waals surface area contributed by atoms with Crippen molar-refractivity contribution in [3.8, 4) is 5.75 Å². The largest absolute Gasteiger partial charge is 0.493 e. The van der Waals surface area contributed by atoms with Crippen LogP contribution in [0.1, 0.15) is 42.5 Å². The van der Waals surface area contributed by atoms with Gasteiger partial charge >= 0.3 is 0 Å². The van der Waals surface area contributed by atoms with Crippen molar-refractivity contribution in [2.75, 3.05) is 25.0 Å². The van der Waals surface area contributed by atoms with Gasteiger partial charge in [-0.05, 0) is 80.1 Å². The number of piperidine rings is 1. The Kier molecular flexibility index (Phi) is 5.87. The van der Waals surface area contributed by atoms with Crippen molar-refractivity contribution in [1.29, 1.82) is 0 Å². The predicted octanol–water partition coefficient (Wildman–Crippen LogP) is 3.90. The molecule has 0 radical (unpaired) electrons. The third kappa shape index (κ3) is 4.97. The Labute approximate surface area is 171 Å². The van der Waals surface area contributed by atoms with Crippen LogP contribution in [0.15, 0.2) is 53.4 Å². The van der Waals surface area contributed by atoms with Crippen LogP contribution >= 0.6 is 0 Å². The third-order valence-corrected chi connectivity index (χ3v) is 7.28. The highest BCUT2D eigenvalue weighted by Gasteiger charge is 2.25. The molecule has 0 aromatic heterocycles. The minimum atomic E-state index is -3.46. The van der Waals surface area contributed by atoms with Crippen molar-refractivity contribution in [2.45, 2.75) is 37.0 Å². The van der Waals surface area contributed by atoms with Gasteiger partial charge in [0, 0.05) is 24.3 Å². The van der Waals surface area contributed by atoms with Gasteiger partial charge in [-0.1, -0.05) is 6.42 Å². The second-order valence-electron chi connectivity index (χ2n) is 7.72. The monoisotopic (exact) mass is 414 g/mol. The number of carbonyl (C=O) groups is 1. The number of amides is 1. The van der Waals surface area contributed by atoms with Gasteiger partial charge in [0.2, 0.25) is 10.0 Å². The molecule has 2 aliphatic rings.